The zero-order valence-electron chi connectivity index (χ0n) is 12.0. The molecule has 0 spiro atoms. The van der Waals surface area contributed by atoms with E-state index in [-0.39, 0.29) is 18.4 Å². The van der Waals surface area contributed by atoms with Crippen LogP contribution in [-0.2, 0) is 4.79 Å². The highest BCUT2D eigenvalue weighted by Crippen LogP contribution is 2.30. The summed E-state index contributed by atoms with van der Waals surface area (Å²) in [4.78, 5) is 14.3. The Balaban J connectivity index is 1.89. The number of hydrogen-bond donors (Lipinski definition) is 2. The number of likely N-dealkylation sites (tertiary alicyclic amines) is 1. The molecule has 116 valence electrons. The Labute approximate surface area is 135 Å². The van der Waals surface area contributed by atoms with Crippen molar-refractivity contribution in [2.24, 2.45) is 5.92 Å². The molecule has 1 aromatic carbocycles. The second kappa shape index (κ2) is 7.45. The lowest BCUT2D eigenvalue weighted by Gasteiger charge is -2.28. The van der Waals surface area contributed by atoms with E-state index >= 15 is 0 Å². The van der Waals surface area contributed by atoms with Crippen molar-refractivity contribution in [3.63, 3.8) is 0 Å². The van der Waals surface area contributed by atoms with E-state index in [0.717, 1.165) is 25.9 Å². The number of piperidine rings is 1. The van der Waals surface area contributed by atoms with E-state index in [1.165, 1.54) is 0 Å². The second-order valence-electron chi connectivity index (χ2n) is 5.47. The number of carbonyl (C=O) groups is 1. The molecule has 1 aliphatic heterocycles. The standard InChI is InChI=1S/C15H20Cl2N2O2/c1-19-7-5-10(6-8-19)15(21)18-9-13(20)14-11(16)3-2-4-12(14)17/h2-4,10,13,20H,5-9H2,1H3,(H,18,21). The SMILES string of the molecule is CN1CCC(C(=O)NCC(O)c2c(Cl)cccc2Cl)CC1. The van der Waals surface area contributed by atoms with Crippen LogP contribution in [0.15, 0.2) is 18.2 Å². The lowest BCUT2D eigenvalue weighted by atomic mass is 9.96. The molecule has 0 bridgehead atoms. The number of aliphatic hydroxyl groups excluding tert-OH is 1. The largest absolute Gasteiger partial charge is 0.386 e. The van der Waals surface area contributed by atoms with Gasteiger partial charge in [-0.2, -0.15) is 0 Å². The first-order valence-corrected chi connectivity index (χ1v) is 7.83. The molecule has 1 saturated heterocycles. The van der Waals surface area contributed by atoms with Crippen LogP contribution in [0.1, 0.15) is 24.5 Å². The van der Waals surface area contributed by atoms with Gasteiger partial charge in [-0.15, -0.1) is 0 Å². The Hall–Kier alpha value is -0.810. The van der Waals surface area contributed by atoms with Crippen LogP contribution in [0.5, 0.6) is 0 Å². The highest BCUT2D eigenvalue weighted by atomic mass is 35.5. The first-order valence-electron chi connectivity index (χ1n) is 7.07. The van der Waals surface area contributed by atoms with Gasteiger partial charge in [-0.25, -0.2) is 0 Å². The predicted molar refractivity (Wildman–Crippen MR) is 84.7 cm³/mol. The van der Waals surface area contributed by atoms with Crippen molar-refractivity contribution in [3.05, 3.63) is 33.8 Å². The summed E-state index contributed by atoms with van der Waals surface area (Å²) in [5.74, 6) is 0.0143. The van der Waals surface area contributed by atoms with E-state index in [1.54, 1.807) is 18.2 Å². The van der Waals surface area contributed by atoms with Crippen LogP contribution in [0.25, 0.3) is 0 Å². The maximum Gasteiger partial charge on any atom is 0.223 e. The second-order valence-corrected chi connectivity index (χ2v) is 6.29. The van der Waals surface area contributed by atoms with Gasteiger partial charge in [0.25, 0.3) is 0 Å². The van der Waals surface area contributed by atoms with Gasteiger partial charge in [0, 0.05) is 28.1 Å². The van der Waals surface area contributed by atoms with Crippen LogP contribution in [-0.4, -0.2) is 42.6 Å². The number of aliphatic hydroxyl groups is 1. The van der Waals surface area contributed by atoms with Gasteiger partial charge >= 0.3 is 0 Å². The summed E-state index contributed by atoms with van der Waals surface area (Å²) >= 11 is 12.1. The molecule has 1 atom stereocenters. The molecular weight excluding hydrogens is 311 g/mol. The molecule has 1 fully saturated rings. The molecule has 1 aliphatic rings. The first kappa shape index (κ1) is 16.6. The van der Waals surface area contributed by atoms with Gasteiger partial charge in [-0.05, 0) is 45.1 Å². The third-order valence-corrected chi connectivity index (χ3v) is 4.55. The predicted octanol–water partition coefficient (Wildman–Crippen LogP) is 2.48. The van der Waals surface area contributed by atoms with Crippen LogP contribution < -0.4 is 5.32 Å². The fourth-order valence-electron chi connectivity index (χ4n) is 2.54. The highest BCUT2D eigenvalue weighted by molar-refractivity contribution is 6.36. The quantitative estimate of drug-likeness (QED) is 0.891. The van der Waals surface area contributed by atoms with E-state index in [9.17, 15) is 9.90 Å². The molecule has 21 heavy (non-hydrogen) atoms. The minimum Gasteiger partial charge on any atom is -0.386 e. The molecule has 1 unspecified atom stereocenters. The van der Waals surface area contributed by atoms with Crippen molar-refractivity contribution in [3.8, 4) is 0 Å². The fourth-order valence-corrected chi connectivity index (χ4v) is 3.19. The van der Waals surface area contributed by atoms with Gasteiger partial charge in [0.1, 0.15) is 0 Å². The average Bonchev–Trinajstić information content (AvgIpc) is 2.45. The number of hydrogen-bond acceptors (Lipinski definition) is 3. The van der Waals surface area contributed by atoms with Crippen LogP contribution in [0.3, 0.4) is 0 Å². The number of amides is 1. The molecule has 1 heterocycles. The molecule has 0 saturated carbocycles. The smallest absolute Gasteiger partial charge is 0.223 e. The summed E-state index contributed by atoms with van der Waals surface area (Å²) in [6, 6.07) is 5.06. The van der Waals surface area contributed by atoms with Crippen molar-refractivity contribution in [2.75, 3.05) is 26.7 Å². The van der Waals surface area contributed by atoms with Crippen molar-refractivity contribution >= 4 is 29.1 Å². The Bertz CT molecular complexity index is 482. The molecule has 2 N–H and O–H groups in total. The summed E-state index contributed by atoms with van der Waals surface area (Å²) < 4.78 is 0. The summed E-state index contributed by atoms with van der Waals surface area (Å²) in [6.45, 7) is 1.97. The lowest BCUT2D eigenvalue weighted by molar-refractivity contribution is -0.126. The normalized spacial score (nSPS) is 18.5. The molecule has 0 radical (unpaired) electrons. The average molecular weight is 331 g/mol. The molecule has 4 nitrogen and oxygen atoms in total. The minimum absolute atomic E-state index is 0.00896. The maximum absolute atomic E-state index is 12.1. The minimum atomic E-state index is -0.901. The van der Waals surface area contributed by atoms with Crippen LogP contribution in [0.2, 0.25) is 10.0 Å². The summed E-state index contributed by atoms with van der Waals surface area (Å²) in [6.07, 6.45) is 0.803. The molecule has 1 amide bonds. The lowest BCUT2D eigenvalue weighted by Crippen LogP contribution is -2.40. The van der Waals surface area contributed by atoms with Gasteiger partial charge in [0.15, 0.2) is 0 Å². The Morgan fingerprint density at radius 3 is 2.52 bits per heavy atom. The van der Waals surface area contributed by atoms with Gasteiger partial charge in [0.05, 0.1) is 6.10 Å². The topological polar surface area (TPSA) is 52.6 Å². The van der Waals surface area contributed by atoms with Gasteiger partial charge < -0.3 is 15.3 Å². The molecule has 1 aromatic rings. The van der Waals surface area contributed by atoms with Crippen molar-refractivity contribution in [2.45, 2.75) is 18.9 Å². The molecule has 6 heteroatoms. The number of halogens is 2. The number of nitrogens with one attached hydrogen (secondary N) is 1. The number of nitrogens with zero attached hydrogens (tertiary/aromatic N) is 1. The van der Waals surface area contributed by atoms with Crippen molar-refractivity contribution in [1.29, 1.82) is 0 Å². The van der Waals surface area contributed by atoms with Crippen molar-refractivity contribution in [1.82, 2.24) is 10.2 Å². The first-order chi connectivity index (χ1) is 9.99. The van der Waals surface area contributed by atoms with Gasteiger partial charge in [-0.3, -0.25) is 4.79 Å². The Morgan fingerprint density at radius 1 is 1.38 bits per heavy atom. The summed E-state index contributed by atoms with van der Waals surface area (Å²) in [5.41, 5.74) is 0.463. The third-order valence-electron chi connectivity index (χ3n) is 3.89. The van der Waals surface area contributed by atoms with E-state index in [2.05, 4.69) is 17.3 Å². The fraction of sp³-hybridized carbons (Fsp3) is 0.533. The number of rotatable bonds is 4. The maximum atomic E-state index is 12.1. The Kier molecular flexibility index (Phi) is 5.88. The molecule has 2 rings (SSSR count). The van der Waals surface area contributed by atoms with E-state index in [0.29, 0.717) is 15.6 Å². The van der Waals surface area contributed by atoms with Crippen LogP contribution >= 0.6 is 23.2 Å². The molecule has 0 aromatic heterocycles. The highest BCUT2D eigenvalue weighted by Gasteiger charge is 2.24. The molecular formula is C15H20Cl2N2O2. The van der Waals surface area contributed by atoms with Crippen LogP contribution in [0, 0.1) is 5.92 Å². The molecule has 0 aliphatic carbocycles. The van der Waals surface area contributed by atoms with Gasteiger partial charge in [-0.1, -0.05) is 29.3 Å². The summed E-state index contributed by atoms with van der Waals surface area (Å²) in [5, 5.41) is 13.8. The number of carbonyl (C=O) groups excluding carboxylic acids is 1. The monoisotopic (exact) mass is 330 g/mol. The Morgan fingerprint density at radius 2 is 1.95 bits per heavy atom. The van der Waals surface area contributed by atoms with Crippen molar-refractivity contribution < 1.29 is 9.90 Å². The van der Waals surface area contributed by atoms with Crippen LogP contribution in [0.4, 0.5) is 0 Å². The zero-order valence-corrected chi connectivity index (χ0v) is 13.5. The number of benzene rings is 1. The van der Waals surface area contributed by atoms with Gasteiger partial charge in [0.2, 0.25) is 5.91 Å². The zero-order chi connectivity index (χ0) is 15.4. The van der Waals surface area contributed by atoms with E-state index in [1.807, 2.05) is 0 Å². The van der Waals surface area contributed by atoms with E-state index < -0.39 is 6.10 Å². The van der Waals surface area contributed by atoms with E-state index in [4.69, 9.17) is 23.2 Å². The summed E-state index contributed by atoms with van der Waals surface area (Å²) in [7, 11) is 2.05. The third kappa shape index (κ3) is 4.33.